The number of aliphatic hydroxyl groups is 1. The smallest absolute Gasteiger partial charge is 0.227 e. The first-order chi connectivity index (χ1) is 8.56. The van der Waals surface area contributed by atoms with E-state index in [0.717, 1.165) is 32.2 Å². The van der Waals surface area contributed by atoms with Gasteiger partial charge in [0, 0.05) is 12.6 Å². The highest BCUT2D eigenvalue weighted by Gasteiger charge is 2.41. The van der Waals surface area contributed by atoms with Gasteiger partial charge in [0.2, 0.25) is 5.91 Å². The summed E-state index contributed by atoms with van der Waals surface area (Å²) in [6, 6.07) is -0.00433. The number of carbonyl (C=O) groups excluding carboxylic acids is 1. The summed E-state index contributed by atoms with van der Waals surface area (Å²) in [4.78, 5) is 14.6. The van der Waals surface area contributed by atoms with Crippen molar-refractivity contribution in [3.8, 4) is 0 Å². The molecule has 4 heteroatoms. The molecule has 1 saturated carbocycles. The predicted molar refractivity (Wildman–Crippen MR) is 70.8 cm³/mol. The monoisotopic (exact) mass is 254 g/mol. The molecule has 104 valence electrons. The molecule has 2 aliphatic rings. The van der Waals surface area contributed by atoms with Crippen LogP contribution in [0.2, 0.25) is 0 Å². The summed E-state index contributed by atoms with van der Waals surface area (Å²) in [5.74, 6) is 0.904. The molecular weight excluding hydrogens is 228 g/mol. The minimum Gasteiger partial charge on any atom is -0.394 e. The van der Waals surface area contributed by atoms with E-state index < -0.39 is 0 Å². The maximum Gasteiger partial charge on any atom is 0.227 e. The first kappa shape index (κ1) is 13.8. The van der Waals surface area contributed by atoms with E-state index in [2.05, 4.69) is 13.8 Å². The van der Waals surface area contributed by atoms with Crippen LogP contribution >= 0.6 is 0 Å². The molecule has 0 radical (unpaired) electrons. The minimum absolute atomic E-state index is 0.00109. The molecule has 5 atom stereocenters. The Morgan fingerprint density at radius 3 is 2.61 bits per heavy atom. The Morgan fingerprint density at radius 1 is 1.28 bits per heavy atom. The summed E-state index contributed by atoms with van der Waals surface area (Å²) in [6.45, 7) is 5.10. The van der Waals surface area contributed by atoms with E-state index in [1.54, 1.807) is 0 Å². The lowest BCUT2D eigenvalue weighted by Gasteiger charge is -2.37. The second kappa shape index (κ2) is 5.57. The third kappa shape index (κ3) is 2.41. The quantitative estimate of drug-likeness (QED) is 0.772. The van der Waals surface area contributed by atoms with Crippen LogP contribution in [-0.2, 0) is 4.79 Å². The van der Waals surface area contributed by atoms with Crippen LogP contribution in [0, 0.1) is 17.8 Å². The molecule has 1 aliphatic heterocycles. The standard InChI is InChI=1S/C14H26N2O2/c1-9-6-7-16(12(9)8-17)14(18)13-10(2)4-3-5-11(13)15/h9-13,17H,3-8,15H2,1-2H3. The first-order valence-corrected chi connectivity index (χ1v) is 7.23. The molecule has 1 saturated heterocycles. The van der Waals surface area contributed by atoms with Crippen molar-refractivity contribution in [2.24, 2.45) is 23.5 Å². The number of rotatable bonds is 2. The second-order valence-electron chi connectivity index (χ2n) is 6.15. The van der Waals surface area contributed by atoms with Gasteiger partial charge in [-0.15, -0.1) is 0 Å². The molecular formula is C14H26N2O2. The highest BCUT2D eigenvalue weighted by atomic mass is 16.3. The van der Waals surface area contributed by atoms with E-state index in [1.165, 1.54) is 0 Å². The summed E-state index contributed by atoms with van der Waals surface area (Å²) in [7, 11) is 0. The van der Waals surface area contributed by atoms with Gasteiger partial charge in [0.15, 0.2) is 0 Å². The van der Waals surface area contributed by atoms with E-state index in [1.807, 2.05) is 4.90 Å². The summed E-state index contributed by atoms with van der Waals surface area (Å²) in [5.41, 5.74) is 6.15. The van der Waals surface area contributed by atoms with Gasteiger partial charge in [-0.3, -0.25) is 4.79 Å². The Balaban J connectivity index is 2.10. The number of nitrogens with zero attached hydrogens (tertiary/aromatic N) is 1. The zero-order valence-electron chi connectivity index (χ0n) is 11.5. The van der Waals surface area contributed by atoms with Gasteiger partial charge in [-0.25, -0.2) is 0 Å². The van der Waals surface area contributed by atoms with Crippen LogP contribution in [-0.4, -0.2) is 41.1 Å². The van der Waals surface area contributed by atoms with Crippen molar-refractivity contribution in [3.63, 3.8) is 0 Å². The van der Waals surface area contributed by atoms with E-state index in [0.29, 0.717) is 11.8 Å². The summed E-state index contributed by atoms with van der Waals surface area (Å²) >= 11 is 0. The highest BCUT2D eigenvalue weighted by Crippen LogP contribution is 2.33. The summed E-state index contributed by atoms with van der Waals surface area (Å²) in [5, 5.41) is 9.46. The zero-order valence-corrected chi connectivity index (χ0v) is 11.5. The molecule has 0 aromatic heterocycles. The fourth-order valence-electron chi connectivity index (χ4n) is 3.63. The molecule has 5 unspecified atom stereocenters. The third-order valence-electron chi connectivity index (χ3n) is 4.91. The van der Waals surface area contributed by atoms with Gasteiger partial charge in [-0.2, -0.15) is 0 Å². The largest absolute Gasteiger partial charge is 0.394 e. The van der Waals surface area contributed by atoms with E-state index in [-0.39, 0.29) is 30.5 Å². The van der Waals surface area contributed by atoms with E-state index in [9.17, 15) is 9.90 Å². The van der Waals surface area contributed by atoms with Crippen molar-refractivity contribution in [2.45, 2.75) is 51.6 Å². The van der Waals surface area contributed by atoms with Gasteiger partial charge in [0.25, 0.3) is 0 Å². The Kier molecular flexibility index (Phi) is 4.28. The number of hydrogen-bond acceptors (Lipinski definition) is 3. The predicted octanol–water partition coefficient (Wildman–Crippen LogP) is 0.979. The van der Waals surface area contributed by atoms with E-state index in [4.69, 9.17) is 5.73 Å². The summed E-state index contributed by atoms with van der Waals surface area (Å²) in [6.07, 6.45) is 4.17. The number of amides is 1. The molecule has 1 amide bonds. The van der Waals surface area contributed by atoms with Crippen LogP contribution in [0.3, 0.4) is 0 Å². The molecule has 0 aromatic rings. The molecule has 0 aromatic carbocycles. The average Bonchev–Trinajstić information content (AvgIpc) is 2.69. The van der Waals surface area contributed by atoms with Gasteiger partial charge in [-0.1, -0.05) is 20.3 Å². The van der Waals surface area contributed by atoms with Gasteiger partial charge in [0.05, 0.1) is 18.6 Å². The van der Waals surface area contributed by atoms with Crippen molar-refractivity contribution in [3.05, 3.63) is 0 Å². The van der Waals surface area contributed by atoms with Crippen molar-refractivity contribution >= 4 is 5.91 Å². The Labute approximate surface area is 110 Å². The second-order valence-corrected chi connectivity index (χ2v) is 6.15. The lowest BCUT2D eigenvalue weighted by molar-refractivity contribution is -0.141. The summed E-state index contributed by atoms with van der Waals surface area (Å²) < 4.78 is 0. The highest BCUT2D eigenvalue weighted by molar-refractivity contribution is 5.80. The minimum atomic E-state index is -0.0434. The molecule has 1 aliphatic carbocycles. The van der Waals surface area contributed by atoms with Gasteiger partial charge in [0.1, 0.15) is 0 Å². The fourth-order valence-corrected chi connectivity index (χ4v) is 3.63. The maximum absolute atomic E-state index is 12.7. The zero-order chi connectivity index (χ0) is 13.3. The number of likely N-dealkylation sites (tertiary alicyclic amines) is 1. The average molecular weight is 254 g/mol. The molecule has 2 fully saturated rings. The number of hydrogen-bond donors (Lipinski definition) is 2. The van der Waals surface area contributed by atoms with Crippen molar-refractivity contribution in [2.75, 3.05) is 13.2 Å². The SMILES string of the molecule is CC1CCCC(N)C1C(=O)N1CCC(C)C1CO. The topological polar surface area (TPSA) is 66.6 Å². The Hall–Kier alpha value is -0.610. The van der Waals surface area contributed by atoms with Crippen molar-refractivity contribution in [1.29, 1.82) is 0 Å². The van der Waals surface area contributed by atoms with Crippen LogP contribution in [0.5, 0.6) is 0 Å². The molecule has 0 spiro atoms. The van der Waals surface area contributed by atoms with E-state index >= 15 is 0 Å². The van der Waals surface area contributed by atoms with Crippen LogP contribution in [0.15, 0.2) is 0 Å². The molecule has 1 heterocycles. The third-order valence-corrected chi connectivity index (χ3v) is 4.91. The lowest BCUT2D eigenvalue weighted by atomic mass is 9.76. The van der Waals surface area contributed by atoms with Crippen LogP contribution in [0.25, 0.3) is 0 Å². The normalized spacial score (nSPS) is 41.1. The number of carbonyl (C=O) groups is 1. The van der Waals surface area contributed by atoms with Gasteiger partial charge >= 0.3 is 0 Å². The molecule has 3 N–H and O–H groups in total. The van der Waals surface area contributed by atoms with Crippen LogP contribution in [0.1, 0.15) is 39.5 Å². The molecule has 18 heavy (non-hydrogen) atoms. The molecule has 0 bridgehead atoms. The first-order valence-electron chi connectivity index (χ1n) is 7.23. The van der Waals surface area contributed by atoms with Gasteiger partial charge < -0.3 is 15.7 Å². The van der Waals surface area contributed by atoms with Crippen molar-refractivity contribution in [1.82, 2.24) is 4.90 Å². The Bertz CT molecular complexity index is 298. The van der Waals surface area contributed by atoms with Crippen LogP contribution in [0.4, 0.5) is 0 Å². The lowest BCUT2D eigenvalue weighted by Crippen LogP contribution is -2.51. The number of nitrogens with two attached hydrogens (primary N) is 1. The maximum atomic E-state index is 12.7. The fraction of sp³-hybridized carbons (Fsp3) is 0.929. The van der Waals surface area contributed by atoms with Gasteiger partial charge in [-0.05, 0) is 31.1 Å². The number of aliphatic hydroxyl groups excluding tert-OH is 1. The molecule has 4 nitrogen and oxygen atoms in total. The van der Waals surface area contributed by atoms with Crippen molar-refractivity contribution < 1.29 is 9.90 Å². The van der Waals surface area contributed by atoms with Crippen LogP contribution < -0.4 is 5.73 Å². The Morgan fingerprint density at radius 2 is 2.00 bits per heavy atom. The molecule has 2 rings (SSSR count).